The molecular weight excluding hydrogens is 394 g/mol. The molecule has 7 heteroatoms. The summed E-state index contributed by atoms with van der Waals surface area (Å²) in [7, 11) is 0. The van der Waals surface area contributed by atoms with E-state index in [0.717, 1.165) is 31.4 Å². The van der Waals surface area contributed by atoms with Gasteiger partial charge in [0.2, 0.25) is 5.91 Å². The number of fused-ring (bicyclic) bond motifs is 1. The maximum atomic E-state index is 13.6. The molecule has 1 aliphatic carbocycles. The quantitative estimate of drug-likeness (QED) is 0.669. The van der Waals surface area contributed by atoms with Crippen molar-refractivity contribution < 1.29 is 18.4 Å². The van der Waals surface area contributed by atoms with Crippen molar-refractivity contribution in [2.24, 2.45) is 0 Å². The number of carbonyl (C=O) groups excluding carboxylic acids is 2. The van der Waals surface area contributed by atoms with E-state index in [4.69, 9.17) is 8.83 Å². The van der Waals surface area contributed by atoms with Gasteiger partial charge in [0, 0.05) is 6.04 Å². The normalized spacial score (nSPS) is 21.8. The number of nitrogens with zero attached hydrogens (tertiary/aromatic N) is 2. The molecule has 1 saturated carbocycles. The Bertz CT molecular complexity index is 1060. The predicted octanol–water partition coefficient (Wildman–Crippen LogP) is 4.20. The van der Waals surface area contributed by atoms with Crippen molar-refractivity contribution in [2.45, 2.75) is 63.7 Å². The van der Waals surface area contributed by atoms with Crippen LogP contribution in [0.5, 0.6) is 0 Å². The van der Waals surface area contributed by atoms with Crippen molar-refractivity contribution in [1.82, 2.24) is 14.8 Å². The fourth-order valence-corrected chi connectivity index (χ4v) is 4.81. The van der Waals surface area contributed by atoms with Gasteiger partial charge in [-0.3, -0.25) is 9.59 Å². The van der Waals surface area contributed by atoms with Crippen molar-refractivity contribution in [2.75, 3.05) is 0 Å². The highest BCUT2D eigenvalue weighted by Crippen LogP contribution is 2.34. The highest BCUT2D eigenvalue weighted by atomic mass is 16.3. The van der Waals surface area contributed by atoms with Crippen LogP contribution in [-0.4, -0.2) is 32.9 Å². The molecule has 0 radical (unpaired) electrons. The number of nitrogens with one attached hydrogen (secondary N) is 1. The van der Waals surface area contributed by atoms with Crippen LogP contribution >= 0.6 is 0 Å². The van der Waals surface area contributed by atoms with E-state index in [1.165, 1.54) is 6.42 Å². The minimum Gasteiger partial charge on any atom is -0.467 e. The van der Waals surface area contributed by atoms with Crippen LogP contribution in [0.4, 0.5) is 0 Å². The number of furan rings is 2. The Balaban J connectivity index is 1.52. The molecule has 3 aromatic rings. The van der Waals surface area contributed by atoms with Crippen LogP contribution in [0.3, 0.4) is 0 Å². The molecule has 4 heterocycles. The molecule has 5 rings (SSSR count). The SMILES string of the molecule is C[C@]1(C(=O)NC2CCCCC2)Cn2c(ccc2-c2ccco2)C(=O)N1Cc1ccco1. The third kappa shape index (κ3) is 3.48. The highest BCUT2D eigenvalue weighted by molar-refractivity contribution is 6.00. The van der Waals surface area contributed by atoms with Crippen LogP contribution in [0.2, 0.25) is 0 Å². The molecule has 31 heavy (non-hydrogen) atoms. The van der Waals surface area contributed by atoms with Crippen LogP contribution in [0.15, 0.2) is 57.8 Å². The van der Waals surface area contributed by atoms with Gasteiger partial charge in [-0.05, 0) is 56.2 Å². The van der Waals surface area contributed by atoms with Crippen LogP contribution in [0.1, 0.15) is 55.3 Å². The fourth-order valence-electron chi connectivity index (χ4n) is 4.81. The molecule has 1 N–H and O–H groups in total. The van der Waals surface area contributed by atoms with Gasteiger partial charge in [-0.1, -0.05) is 19.3 Å². The number of rotatable bonds is 5. The van der Waals surface area contributed by atoms with Gasteiger partial charge in [0.1, 0.15) is 22.8 Å². The van der Waals surface area contributed by atoms with Gasteiger partial charge in [-0.15, -0.1) is 0 Å². The third-order valence-corrected chi connectivity index (χ3v) is 6.60. The zero-order valence-electron chi connectivity index (χ0n) is 17.7. The van der Waals surface area contributed by atoms with Crippen molar-refractivity contribution in [3.05, 3.63) is 60.4 Å². The summed E-state index contributed by atoms with van der Waals surface area (Å²) < 4.78 is 13.0. The van der Waals surface area contributed by atoms with E-state index in [2.05, 4.69) is 5.32 Å². The fraction of sp³-hybridized carbons (Fsp3) is 0.417. The molecule has 0 aromatic carbocycles. The smallest absolute Gasteiger partial charge is 0.271 e. The van der Waals surface area contributed by atoms with Crippen LogP contribution in [-0.2, 0) is 17.9 Å². The predicted molar refractivity (Wildman–Crippen MR) is 114 cm³/mol. The Labute approximate surface area is 181 Å². The lowest BCUT2D eigenvalue weighted by Gasteiger charge is -2.44. The van der Waals surface area contributed by atoms with E-state index in [-0.39, 0.29) is 24.4 Å². The van der Waals surface area contributed by atoms with Gasteiger partial charge in [0.15, 0.2) is 0 Å². The maximum Gasteiger partial charge on any atom is 0.271 e. The molecule has 2 aliphatic rings. The summed E-state index contributed by atoms with van der Waals surface area (Å²) in [4.78, 5) is 28.9. The molecule has 0 unspecified atom stereocenters. The molecule has 7 nitrogen and oxygen atoms in total. The van der Waals surface area contributed by atoms with E-state index in [1.54, 1.807) is 29.6 Å². The Kier molecular flexibility index (Phi) is 4.96. The molecule has 3 aromatic heterocycles. The Hall–Kier alpha value is -3.22. The Morgan fingerprint density at radius 1 is 1.06 bits per heavy atom. The molecule has 2 amide bonds. The average molecular weight is 421 g/mol. The summed E-state index contributed by atoms with van der Waals surface area (Å²) in [5.41, 5.74) is 0.276. The minimum absolute atomic E-state index is 0.121. The summed E-state index contributed by atoms with van der Waals surface area (Å²) in [6.45, 7) is 2.43. The summed E-state index contributed by atoms with van der Waals surface area (Å²) in [5, 5.41) is 3.24. The zero-order valence-corrected chi connectivity index (χ0v) is 17.7. The number of amides is 2. The van der Waals surface area contributed by atoms with E-state index in [9.17, 15) is 9.59 Å². The van der Waals surface area contributed by atoms with E-state index in [1.807, 2.05) is 35.8 Å². The average Bonchev–Trinajstić information content (AvgIpc) is 3.53. The standard InChI is InChI=1S/C24H27N3O4/c1-24(23(29)25-17-7-3-2-4-8-17)16-26-19(21-10-6-14-31-21)11-12-20(26)22(28)27(24)15-18-9-5-13-30-18/h5-6,9-14,17H,2-4,7-8,15-16H2,1H3,(H,25,29)/t24-/m1/s1. The van der Waals surface area contributed by atoms with Crippen molar-refractivity contribution in [1.29, 1.82) is 0 Å². The van der Waals surface area contributed by atoms with Gasteiger partial charge < -0.3 is 23.6 Å². The highest BCUT2D eigenvalue weighted by Gasteiger charge is 2.48. The zero-order chi connectivity index (χ0) is 21.4. The molecule has 1 atom stereocenters. The topological polar surface area (TPSA) is 80.6 Å². The second-order valence-corrected chi connectivity index (χ2v) is 8.72. The Morgan fingerprint density at radius 3 is 2.52 bits per heavy atom. The molecule has 0 spiro atoms. The summed E-state index contributed by atoms with van der Waals surface area (Å²) >= 11 is 0. The van der Waals surface area contributed by atoms with Crippen LogP contribution in [0.25, 0.3) is 11.5 Å². The maximum absolute atomic E-state index is 13.6. The largest absolute Gasteiger partial charge is 0.467 e. The first-order chi connectivity index (χ1) is 15.1. The van der Waals surface area contributed by atoms with Crippen LogP contribution < -0.4 is 5.32 Å². The van der Waals surface area contributed by atoms with E-state index in [0.29, 0.717) is 23.8 Å². The summed E-state index contributed by atoms with van der Waals surface area (Å²) in [5.74, 6) is 1.01. The van der Waals surface area contributed by atoms with Crippen LogP contribution in [0, 0.1) is 0 Å². The second kappa shape index (κ2) is 7.80. The van der Waals surface area contributed by atoms with Gasteiger partial charge in [0.25, 0.3) is 5.91 Å². The molecule has 1 aliphatic heterocycles. The van der Waals surface area contributed by atoms with E-state index < -0.39 is 5.54 Å². The van der Waals surface area contributed by atoms with Gasteiger partial charge >= 0.3 is 0 Å². The monoisotopic (exact) mass is 421 g/mol. The van der Waals surface area contributed by atoms with Gasteiger partial charge in [0.05, 0.1) is 31.3 Å². The number of hydrogen-bond acceptors (Lipinski definition) is 4. The first-order valence-electron chi connectivity index (χ1n) is 10.9. The number of carbonyl (C=O) groups is 2. The van der Waals surface area contributed by atoms with E-state index >= 15 is 0 Å². The summed E-state index contributed by atoms with van der Waals surface area (Å²) in [6, 6.07) is 11.1. The summed E-state index contributed by atoms with van der Waals surface area (Å²) in [6.07, 6.45) is 8.63. The lowest BCUT2D eigenvalue weighted by atomic mass is 9.91. The molecule has 0 bridgehead atoms. The minimum atomic E-state index is -1.06. The number of hydrogen-bond donors (Lipinski definition) is 1. The van der Waals surface area contributed by atoms with Gasteiger partial charge in [-0.2, -0.15) is 0 Å². The third-order valence-electron chi connectivity index (χ3n) is 6.60. The molecule has 1 fully saturated rings. The second-order valence-electron chi connectivity index (χ2n) is 8.72. The molecular formula is C24H27N3O4. The lowest BCUT2D eigenvalue weighted by molar-refractivity contribution is -0.134. The molecule has 0 saturated heterocycles. The van der Waals surface area contributed by atoms with Crippen molar-refractivity contribution in [3.8, 4) is 11.5 Å². The first-order valence-corrected chi connectivity index (χ1v) is 10.9. The van der Waals surface area contributed by atoms with Crippen molar-refractivity contribution >= 4 is 11.8 Å². The first kappa shape index (κ1) is 19.7. The van der Waals surface area contributed by atoms with Gasteiger partial charge in [-0.25, -0.2) is 0 Å². The number of aromatic nitrogens is 1. The van der Waals surface area contributed by atoms with Crippen molar-refractivity contribution in [3.63, 3.8) is 0 Å². The Morgan fingerprint density at radius 2 is 1.81 bits per heavy atom. The molecule has 162 valence electrons. The lowest BCUT2D eigenvalue weighted by Crippen LogP contribution is -2.64.